The Hall–Kier alpha value is -0.760. The third kappa shape index (κ3) is 3.38. The summed E-state index contributed by atoms with van der Waals surface area (Å²) in [4.78, 5) is 0. The summed E-state index contributed by atoms with van der Waals surface area (Å²) in [5, 5.41) is 10.6. The van der Waals surface area contributed by atoms with Gasteiger partial charge in [-0.15, -0.1) is 0 Å². The van der Waals surface area contributed by atoms with E-state index in [1.165, 1.54) is 0 Å². The zero-order chi connectivity index (χ0) is 11.5. The number of rotatable bonds is 2. The average molecular weight is 269 g/mol. The molecular formula is C13H17BrO. The monoisotopic (exact) mass is 268 g/mol. The molecule has 2 heteroatoms. The first kappa shape index (κ1) is 12.3. The predicted octanol–water partition coefficient (Wildman–Crippen LogP) is 4.10. The van der Waals surface area contributed by atoms with E-state index < -0.39 is 0 Å². The molecule has 0 radical (unpaired) electrons. The summed E-state index contributed by atoms with van der Waals surface area (Å²) in [6.45, 7) is 6.29. The van der Waals surface area contributed by atoms with Gasteiger partial charge in [0.15, 0.2) is 0 Å². The van der Waals surface area contributed by atoms with E-state index >= 15 is 0 Å². The molecule has 0 atom stereocenters. The molecule has 0 fully saturated rings. The van der Waals surface area contributed by atoms with Gasteiger partial charge in [0.2, 0.25) is 0 Å². The summed E-state index contributed by atoms with van der Waals surface area (Å²) < 4.78 is 0. The van der Waals surface area contributed by atoms with E-state index in [9.17, 15) is 5.11 Å². The molecule has 0 aliphatic rings. The zero-order valence-electron chi connectivity index (χ0n) is 9.42. The van der Waals surface area contributed by atoms with E-state index in [2.05, 4.69) is 36.7 Å². The van der Waals surface area contributed by atoms with Crippen LogP contribution >= 0.6 is 15.9 Å². The topological polar surface area (TPSA) is 20.2 Å². The van der Waals surface area contributed by atoms with Gasteiger partial charge in [-0.1, -0.05) is 54.9 Å². The lowest BCUT2D eigenvalue weighted by Gasteiger charge is -2.20. The van der Waals surface area contributed by atoms with Crippen molar-refractivity contribution in [3.8, 4) is 5.75 Å². The Labute approximate surface area is 100.0 Å². The minimum atomic E-state index is -0.0255. The lowest BCUT2D eigenvalue weighted by atomic mass is 9.85. The van der Waals surface area contributed by atoms with Crippen LogP contribution in [0.15, 0.2) is 24.3 Å². The number of halogens is 1. The molecule has 0 saturated carbocycles. The fraction of sp³-hybridized carbons (Fsp3) is 0.385. The molecule has 1 aromatic rings. The molecule has 0 aliphatic heterocycles. The zero-order valence-corrected chi connectivity index (χ0v) is 11.0. The Bertz CT molecular complexity index is 361. The second-order valence-electron chi connectivity index (χ2n) is 4.58. The molecular weight excluding hydrogens is 252 g/mol. The third-order valence-corrected chi connectivity index (χ3v) is 2.60. The Kier molecular flexibility index (Phi) is 3.97. The molecule has 0 amide bonds. The molecule has 0 aliphatic carbocycles. The Balaban J connectivity index is 3.11. The van der Waals surface area contributed by atoms with Gasteiger partial charge in [-0.3, -0.25) is 0 Å². The van der Waals surface area contributed by atoms with E-state index in [-0.39, 0.29) is 5.41 Å². The molecule has 0 unspecified atom stereocenters. The highest BCUT2D eigenvalue weighted by Gasteiger charge is 2.17. The van der Waals surface area contributed by atoms with Crippen LogP contribution < -0.4 is 0 Å². The normalized spacial score (nSPS) is 12.3. The first-order valence-electron chi connectivity index (χ1n) is 5.01. The van der Waals surface area contributed by atoms with Gasteiger partial charge in [-0.05, 0) is 28.7 Å². The first-order chi connectivity index (χ1) is 6.95. The van der Waals surface area contributed by atoms with E-state index in [4.69, 9.17) is 0 Å². The van der Waals surface area contributed by atoms with Gasteiger partial charge in [0, 0.05) is 5.33 Å². The molecule has 1 nitrogen and oxygen atoms in total. The number of phenolic OH excluding ortho intramolecular Hbond substituents is 1. The highest BCUT2D eigenvalue weighted by atomic mass is 79.9. The second-order valence-corrected chi connectivity index (χ2v) is 5.23. The molecule has 82 valence electrons. The molecule has 0 saturated heterocycles. The third-order valence-electron chi connectivity index (χ3n) is 2.23. The van der Waals surface area contributed by atoms with Crippen molar-refractivity contribution in [1.82, 2.24) is 0 Å². The van der Waals surface area contributed by atoms with Crippen molar-refractivity contribution in [1.29, 1.82) is 0 Å². The molecule has 1 N–H and O–H groups in total. The molecule has 0 bridgehead atoms. The summed E-state index contributed by atoms with van der Waals surface area (Å²) >= 11 is 3.34. The van der Waals surface area contributed by atoms with Crippen molar-refractivity contribution in [2.45, 2.75) is 26.2 Å². The molecule has 0 spiro atoms. The van der Waals surface area contributed by atoms with Gasteiger partial charge in [0.1, 0.15) is 5.75 Å². The van der Waals surface area contributed by atoms with Crippen LogP contribution in [0.1, 0.15) is 31.9 Å². The van der Waals surface area contributed by atoms with Crippen molar-refractivity contribution >= 4 is 22.0 Å². The average Bonchev–Trinajstić information content (AvgIpc) is 2.15. The predicted molar refractivity (Wildman–Crippen MR) is 69.6 cm³/mol. The maximum atomic E-state index is 9.76. The first-order valence-corrected chi connectivity index (χ1v) is 6.13. The number of hydrogen-bond acceptors (Lipinski definition) is 1. The number of hydrogen-bond donors (Lipinski definition) is 1. The van der Waals surface area contributed by atoms with Gasteiger partial charge in [-0.25, -0.2) is 0 Å². The molecule has 0 heterocycles. The number of alkyl halides is 1. The van der Waals surface area contributed by atoms with E-state index in [0.29, 0.717) is 5.75 Å². The minimum Gasteiger partial charge on any atom is -0.508 e. The Morgan fingerprint density at radius 3 is 2.53 bits per heavy atom. The smallest absolute Gasteiger partial charge is 0.119 e. The van der Waals surface area contributed by atoms with Crippen LogP contribution in [0.5, 0.6) is 5.75 Å². The summed E-state index contributed by atoms with van der Waals surface area (Å²) in [6.07, 6.45) is 4.09. The summed E-state index contributed by atoms with van der Waals surface area (Å²) in [6, 6.07) is 5.71. The highest BCUT2D eigenvalue weighted by Crippen LogP contribution is 2.31. The SMILES string of the molecule is CC(C)(C)c1cc(C=CCBr)ccc1O. The number of allylic oxidation sites excluding steroid dienone is 1. The lowest BCUT2D eigenvalue weighted by Crippen LogP contribution is -2.11. The summed E-state index contributed by atoms with van der Waals surface area (Å²) in [5.41, 5.74) is 2.08. The molecule has 1 rings (SSSR count). The van der Waals surface area contributed by atoms with Crippen molar-refractivity contribution in [2.75, 3.05) is 5.33 Å². The van der Waals surface area contributed by atoms with Crippen LogP contribution in [-0.2, 0) is 5.41 Å². The largest absolute Gasteiger partial charge is 0.508 e. The van der Waals surface area contributed by atoms with E-state index in [1.54, 1.807) is 6.07 Å². The van der Waals surface area contributed by atoms with Gasteiger partial charge in [-0.2, -0.15) is 0 Å². The standard InChI is InChI=1S/C13H17BrO/c1-13(2,3)11-9-10(5-4-8-14)6-7-12(11)15/h4-7,9,15H,8H2,1-3H3. The summed E-state index contributed by atoms with van der Waals surface area (Å²) in [7, 11) is 0. The fourth-order valence-electron chi connectivity index (χ4n) is 1.44. The highest BCUT2D eigenvalue weighted by molar-refractivity contribution is 9.09. The van der Waals surface area contributed by atoms with Crippen molar-refractivity contribution in [3.63, 3.8) is 0 Å². The van der Waals surface area contributed by atoms with Crippen LogP contribution in [0.3, 0.4) is 0 Å². The quantitative estimate of drug-likeness (QED) is 0.801. The van der Waals surface area contributed by atoms with Gasteiger partial charge in [0.05, 0.1) is 0 Å². The maximum Gasteiger partial charge on any atom is 0.119 e. The fourth-order valence-corrected chi connectivity index (χ4v) is 1.63. The van der Waals surface area contributed by atoms with Crippen molar-refractivity contribution in [2.24, 2.45) is 0 Å². The van der Waals surface area contributed by atoms with E-state index in [1.807, 2.05) is 24.3 Å². The molecule has 15 heavy (non-hydrogen) atoms. The van der Waals surface area contributed by atoms with Gasteiger partial charge in [0.25, 0.3) is 0 Å². The van der Waals surface area contributed by atoms with Crippen LogP contribution in [0.25, 0.3) is 6.08 Å². The van der Waals surface area contributed by atoms with Crippen molar-refractivity contribution in [3.05, 3.63) is 35.4 Å². The molecule has 1 aromatic carbocycles. The Morgan fingerprint density at radius 1 is 1.33 bits per heavy atom. The van der Waals surface area contributed by atoms with Gasteiger partial charge >= 0.3 is 0 Å². The Morgan fingerprint density at radius 2 is 2.00 bits per heavy atom. The maximum absolute atomic E-state index is 9.76. The number of benzene rings is 1. The van der Waals surface area contributed by atoms with Crippen LogP contribution in [0, 0.1) is 0 Å². The number of phenols is 1. The van der Waals surface area contributed by atoms with Gasteiger partial charge < -0.3 is 5.11 Å². The van der Waals surface area contributed by atoms with Crippen LogP contribution in [0.2, 0.25) is 0 Å². The summed E-state index contributed by atoms with van der Waals surface area (Å²) in [5.74, 6) is 0.374. The second kappa shape index (κ2) is 4.84. The van der Waals surface area contributed by atoms with Crippen LogP contribution in [-0.4, -0.2) is 10.4 Å². The molecule has 0 aromatic heterocycles. The van der Waals surface area contributed by atoms with E-state index in [0.717, 1.165) is 16.5 Å². The van der Waals surface area contributed by atoms with Crippen molar-refractivity contribution < 1.29 is 5.11 Å². The lowest BCUT2D eigenvalue weighted by molar-refractivity contribution is 0.446. The number of aromatic hydroxyl groups is 1. The van der Waals surface area contributed by atoms with Crippen LogP contribution in [0.4, 0.5) is 0 Å². The minimum absolute atomic E-state index is 0.0255.